The van der Waals surface area contributed by atoms with Gasteiger partial charge in [-0.05, 0) is 31.0 Å². The van der Waals surface area contributed by atoms with Gasteiger partial charge in [0.1, 0.15) is 0 Å². The van der Waals surface area contributed by atoms with Crippen LogP contribution in [0.1, 0.15) is 22.4 Å². The standard InChI is InChI=1S/C21H23N3O2S/c1-15-8-9-19(16(2)10-15)23-20(26)14-27-21-22-11-18(13-25)24(21)12-17-6-4-3-5-7-17/h3-11,25H,12-14H2,1-2H3,(H,23,26). The molecule has 6 heteroatoms. The minimum Gasteiger partial charge on any atom is -0.390 e. The molecule has 3 rings (SSSR count). The van der Waals surface area contributed by atoms with Crippen molar-refractivity contribution in [2.75, 3.05) is 11.1 Å². The largest absolute Gasteiger partial charge is 0.390 e. The Bertz CT molecular complexity index is 922. The summed E-state index contributed by atoms with van der Waals surface area (Å²) in [4.78, 5) is 16.7. The number of carbonyl (C=O) groups is 1. The molecule has 1 aromatic heterocycles. The molecule has 5 nitrogen and oxygen atoms in total. The summed E-state index contributed by atoms with van der Waals surface area (Å²) in [7, 11) is 0. The van der Waals surface area contributed by atoms with Crippen molar-refractivity contribution < 1.29 is 9.90 Å². The van der Waals surface area contributed by atoms with E-state index in [2.05, 4.69) is 10.3 Å². The number of imidazole rings is 1. The SMILES string of the molecule is Cc1ccc(NC(=O)CSc2ncc(CO)n2Cc2ccccc2)c(C)c1. The van der Waals surface area contributed by atoms with E-state index in [1.165, 1.54) is 17.3 Å². The Morgan fingerprint density at radius 1 is 1.19 bits per heavy atom. The molecule has 0 aliphatic rings. The van der Waals surface area contributed by atoms with Crippen LogP contribution in [0.3, 0.4) is 0 Å². The van der Waals surface area contributed by atoms with Crippen molar-refractivity contribution in [3.05, 3.63) is 77.1 Å². The second-order valence-corrected chi connectivity index (χ2v) is 7.36. The van der Waals surface area contributed by atoms with Crippen LogP contribution in [0.25, 0.3) is 0 Å². The molecule has 1 heterocycles. The number of hydrogen-bond donors (Lipinski definition) is 2. The van der Waals surface area contributed by atoms with Gasteiger partial charge in [0.2, 0.25) is 5.91 Å². The Balaban J connectivity index is 1.67. The molecule has 0 saturated carbocycles. The van der Waals surface area contributed by atoms with Crippen molar-refractivity contribution in [1.29, 1.82) is 0 Å². The Labute approximate surface area is 163 Å². The van der Waals surface area contributed by atoms with Crippen molar-refractivity contribution in [2.45, 2.75) is 32.2 Å². The molecular formula is C21H23N3O2S. The zero-order valence-corrected chi connectivity index (χ0v) is 16.3. The highest BCUT2D eigenvalue weighted by molar-refractivity contribution is 7.99. The number of anilines is 1. The quantitative estimate of drug-likeness (QED) is 0.612. The number of nitrogens with zero attached hydrogens (tertiary/aromatic N) is 2. The molecule has 0 bridgehead atoms. The summed E-state index contributed by atoms with van der Waals surface area (Å²) >= 11 is 1.37. The fourth-order valence-corrected chi connectivity index (χ4v) is 3.64. The molecule has 140 valence electrons. The minimum absolute atomic E-state index is 0.0771. The summed E-state index contributed by atoms with van der Waals surface area (Å²) in [6.45, 7) is 4.53. The number of aryl methyl sites for hydroxylation is 2. The lowest BCUT2D eigenvalue weighted by atomic mass is 10.1. The number of nitrogens with one attached hydrogen (secondary N) is 1. The van der Waals surface area contributed by atoms with E-state index in [0.29, 0.717) is 6.54 Å². The number of benzene rings is 2. The maximum absolute atomic E-state index is 12.4. The number of aromatic nitrogens is 2. The van der Waals surface area contributed by atoms with E-state index in [1.54, 1.807) is 6.20 Å². The van der Waals surface area contributed by atoms with Crippen molar-refractivity contribution in [3.8, 4) is 0 Å². The highest BCUT2D eigenvalue weighted by atomic mass is 32.2. The Morgan fingerprint density at radius 2 is 1.96 bits per heavy atom. The monoisotopic (exact) mass is 381 g/mol. The first-order valence-electron chi connectivity index (χ1n) is 8.76. The summed E-state index contributed by atoms with van der Waals surface area (Å²) in [5.41, 5.74) is 4.89. The summed E-state index contributed by atoms with van der Waals surface area (Å²) in [5.74, 6) is 0.177. The molecule has 1 amide bonds. The maximum atomic E-state index is 12.4. The fraction of sp³-hybridized carbons (Fsp3) is 0.238. The lowest BCUT2D eigenvalue weighted by molar-refractivity contribution is -0.113. The van der Waals surface area contributed by atoms with Gasteiger partial charge in [0, 0.05) is 12.2 Å². The average molecular weight is 382 g/mol. The molecule has 0 atom stereocenters. The summed E-state index contributed by atoms with van der Waals surface area (Å²) in [6, 6.07) is 15.9. The first-order chi connectivity index (χ1) is 13.1. The van der Waals surface area contributed by atoms with E-state index in [-0.39, 0.29) is 18.3 Å². The number of thioether (sulfide) groups is 1. The van der Waals surface area contributed by atoms with Gasteiger partial charge in [-0.2, -0.15) is 0 Å². The maximum Gasteiger partial charge on any atom is 0.234 e. The van der Waals surface area contributed by atoms with E-state index in [0.717, 1.165) is 27.7 Å². The van der Waals surface area contributed by atoms with Crippen LogP contribution >= 0.6 is 11.8 Å². The number of carbonyl (C=O) groups excluding carboxylic acids is 1. The number of hydrogen-bond acceptors (Lipinski definition) is 4. The van der Waals surface area contributed by atoms with Crippen LogP contribution in [-0.4, -0.2) is 26.3 Å². The predicted octanol–water partition coefficient (Wildman–Crippen LogP) is 3.77. The summed E-state index contributed by atoms with van der Waals surface area (Å²) in [6.07, 6.45) is 1.66. The Hall–Kier alpha value is -2.57. The molecule has 0 aliphatic heterocycles. The van der Waals surface area contributed by atoms with Crippen LogP contribution in [-0.2, 0) is 17.9 Å². The van der Waals surface area contributed by atoms with Crippen LogP contribution in [0.2, 0.25) is 0 Å². The molecule has 0 saturated heterocycles. The third kappa shape index (κ3) is 4.99. The first kappa shape index (κ1) is 19.2. The smallest absolute Gasteiger partial charge is 0.234 e. The molecule has 0 unspecified atom stereocenters. The molecule has 2 aromatic carbocycles. The number of aliphatic hydroxyl groups is 1. The number of amides is 1. The third-order valence-corrected chi connectivity index (χ3v) is 5.23. The molecule has 27 heavy (non-hydrogen) atoms. The van der Waals surface area contributed by atoms with E-state index >= 15 is 0 Å². The van der Waals surface area contributed by atoms with E-state index in [4.69, 9.17) is 0 Å². The molecule has 0 spiro atoms. The van der Waals surface area contributed by atoms with Crippen molar-refractivity contribution in [2.24, 2.45) is 0 Å². The van der Waals surface area contributed by atoms with Gasteiger partial charge in [0.05, 0.1) is 24.3 Å². The zero-order valence-electron chi connectivity index (χ0n) is 15.5. The second kappa shape index (κ2) is 8.88. The average Bonchev–Trinajstić information content (AvgIpc) is 3.05. The fourth-order valence-electron chi connectivity index (χ4n) is 2.84. The third-order valence-electron chi connectivity index (χ3n) is 4.24. The van der Waals surface area contributed by atoms with Gasteiger partial charge in [-0.25, -0.2) is 4.98 Å². The molecule has 0 aliphatic carbocycles. The molecule has 0 radical (unpaired) electrons. The lowest BCUT2D eigenvalue weighted by Crippen LogP contribution is -2.15. The van der Waals surface area contributed by atoms with Crippen molar-refractivity contribution >= 4 is 23.4 Å². The minimum atomic E-state index is -0.0881. The normalized spacial score (nSPS) is 10.8. The molecule has 0 fully saturated rings. The zero-order chi connectivity index (χ0) is 19.2. The van der Waals surface area contributed by atoms with Gasteiger partial charge in [-0.1, -0.05) is 59.8 Å². The second-order valence-electron chi connectivity index (χ2n) is 6.42. The molecular weight excluding hydrogens is 358 g/mol. The van der Waals surface area contributed by atoms with Gasteiger partial charge in [0.25, 0.3) is 0 Å². The highest BCUT2D eigenvalue weighted by Gasteiger charge is 2.13. The summed E-state index contributed by atoms with van der Waals surface area (Å²) < 4.78 is 1.95. The Morgan fingerprint density at radius 3 is 2.67 bits per heavy atom. The van der Waals surface area contributed by atoms with Gasteiger partial charge in [-0.3, -0.25) is 4.79 Å². The highest BCUT2D eigenvalue weighted by Crippen LogP contribution is 2.22. The van der Waals surface area contributed by atoms with Gasteiger partial charge in [0.15, 0.2) is 5.16 Å². The number of aliphatic hydroxyl groups excluding tert-OH is 1. The summed E-state index contributed by atoms with van der Waals surface area (Å²) in [5, 5.41) is 13.3. The van der Waals surface area contributed by atoms with Crippen LogP contribution in [0.15, 0.2) is 59.9 Å². The van der Waals surface area contributed by atoms with Crippen LogP contribution in [0.5, 0.6) is 0 Å². The van der Waals surface area contributed by atoms with Crippen molar-refractivity contribution in [1.82, 2.24) is 9.55 Å². The molecule has 3 aromatic rings. The van der Waals surface area contributed by atoms with Crippen LogP contribution < -0.4 is 5.32 Å². The first-order valence-corrected chi connectivity index (χ1v) is 9.74. The van der Waals surface area contributed by atoms with E-state index < -0.39 is 0 Å². The van der Waals surface area contributed by atoms with Crippen molar-refractivity contribution in [3.63, 3.8) is 0 Å². The topological polar surface area (TPSA) is 67.2 Å². The van der Waals surface area contributed by atoms with E-state index in [9.17, 15) is 9.90 Å². The van der Waals surface area contributed by atoms with Crippen LogP contribution in [0.4, 0.5) is 5.69 Å². The number of rotatable bonds is 7. The van der Waals surface area contributed by atoms with Gasteiger partial charge in [-0.15, -0.1) is 0 Å². The predicted molar refractivity (Wildman–Crippen MR) is 109 cm³/mol. The lowest BCUT2D eigenvalue weighted by Gasteiger charge is -2.12. The Kier molecular flexibility index (Phi) is 6.32. The molecule has 2 N–H and O–H groups in total. The van der Waals surface area contributed by atoms with Gasteiger partial charge >= 0.3 is 0 Å². The van der Waals surface area contributed by atoms with Crippen LogP contribution in [0, 0.1) is 13.8 Å². The van der Waals surface area contributed by atoms with E-state index in [1.807, 2.05) is 66.9 Å². The van der Waals surface area contributed by atoms with Gasteiger partial charge < -0.3 is 15.0 Å².